The summed E-state index contributed by atoms with van der Waals surface area (Å²) < 4.78 is 3.96. The molecule has 0 aliphatic rings. The Kier molecular flexibility index (Phi) is 2.76. The second-order valence-electron chi connectivity index (χ2n) is 4.29. The van der Waals surface area contributed by atoms with Crippen molar-refractivity contribution >= 4 is 10.9 Å². The molecule has 0 saturated heterocycles. The van der Waals surface area contributed by atoms with Crippen LogP contribution in [0.25, 0.3) is 10.9 Å². The Morgan fingerprint density at radius 3 is 3.00 bits per heavy atom. The monoisotopic (exact) mass is 251 g/mol. The number of benzene rings is 1. The molecule has 0 fully saturated rings. The zero-order valence-corrected chi connectivity index (χ0v) is 10.6. The van der Waals surface area contributed by atoms with Gasteiger partial charge in [-0.15, -0.1) is 0 Å². The van der Waals surface area contributed by atoms with E-state index in [4.69, 9.17) is 5.26 Å². The molecule has 0 radical (unpaired) electrons. The van der Waals surface area contributed by atoms with E-state index < -0.39 is 0 Å². The van der Waals surface area contributed by atoms with E-state index in [9.17, 15) is 0 Å². The summed E-state index contributed by atoms with van der Waals surface area (Å²) in [5.41, 5.74) is 1.75. The van der Waals surface area contributed by atoms with Crippen LogP contribution in [0.1, 0.15) is 18.3 Å². The van der Waals surface area contributed by atoms with Crippen molar-refractivity contribution in [3.8, 4) is 6.07 Å². The Labute approximate surface area is 110 Å². The molecule has 5 heteroatoms. The molecule has 0 aliphatic heterocycles. The Hall–Kier alpha value is -2.61. The minimum atomic E-state index is 0.659. The van der Waals surface area contributed by atoms with Gasteiger partial charge in [-0.05, 0) is 25.1 Å². The topological polar surface area (TPSA) is 59.4 Å². The van der Waals surface area contributed by atoms with E-state index in [0.717, 1.165) is 23.3 Å². The maximum Gasteiger partial charge on any atom is 0.146 e. The molecule has 0 unspecified atom stereocenters. The lowest BCUT2D eigenvalue weighted by molar-refractivity contribution is 0.597. The number of aryl methyl sites for hydroxylation is 1. The van der Waals surface area contributed by atoms with Gasteiger partial charge in [0.2, 0.25) is 0 Å². The molecular formula is C14H13N5. The number of nitrogens with zero attached hydrogens (tertiary/aromatic N) is 5. The van der Waals surface area contributed by atoms with Crippen molar-refractivity contribution in [1.82, 2.24) is 19.3 Å². The standard InChI is InChI=1S/C14H13N5/c1-2-19-14(16-10-17-19)9-18-7-6-12-11(8-15)4-3-5-13(12)18/h3-7,10H,2,9H2,1H3. The average molecular weight is 251 g/mol. The quantitative estimate of drug-likeness (QED) is 0.716. The van der Waals surface area contributed by atoms with E-state index in [1.807, 2.05) is 42.1 Å². The zero-order valence-electron chi connectivity index (χ0n) is 10.6. The molecule has 0 amide bonds. The molecule has 1 aromatic carbocycles. The lowest BCUT2D eigenvalue weighted by Crippen LogP contribution is -2.08. The predicted octanol–water partition coefficient (Wildman–Crippen LogP) is 2.17. The molecule has 0 saturated carbocycles. The van der Waals surface area contributed by atoms with E-state index in [1.165, 1.54) is 0 Å². The van der Waals surface area contributed by atoms with Crippen LogP contribution in [0.3, 0.4) is 0 Å². The Morgan fingerprint density at radius 1 is 1.32 bits per heavy atom. The van der Waals surface area contributed by atoms with Crippen LogP contribution in [-0.4, -0.2) is 19.3 Å². The summed E-state index contributed by atoms with van der Waals surface area (Å²) in [7, 11) is 0. The normalized spacial score (nSPS) is 10.7. The summed E-state index contributed by atoms with van der Waals surface area (Å²) in [6.07, 6.45) is 3.56. The summed E-state index contributed by atoms with van der Waals surface area (Å²) in [5, 5.41) is 14.2. The van der Waals surface area contributed by atoms with Crippen LogP contribution >= 0.6 is 0 Å². The van der Waals surface area contributed by atoms with Crippen LogP contribution < -0.4 is 0 Å². The van der Waals surface area contributed by atoms with E-state index in [1.54, 1.807) is 6.33 Å². The fourth-order valence-electron chi connectivity index (χ4n) is 2.29. The molecule has 3 rings (SSSR count). The second kappa shape index (κ2) is 4.58. The lowest BCUT2D eigenvalue weighted by Gasteiger charge is -2.06. The lowest BCUT2D eigenvalue weighted by atomic mass is 10.1. The van der Waals surface area contributed by atoms with Crippen LogP contribution in [-0.2, 0) is 13.1 Å². The largest absolute Gasteiger partial charge is 0.340 e. The van der Waals surface area contributed by atoms with Crippen LogP contribution in [0, 0.1) is 11.3 Å². The van der Waals surface area contributed by atoms with Crippen LogP contribution in [0.5, 0.6) is 0 Å². The maximum atomic E-state index is 9.10. The molecule has 19 heavy (non-hydrogen) atoms. The van der Waals surface area contributed by atoms with Crippen molar-refractivity contribution in [2.75, 3.05) is 0 Å². The van der Waals surface area contributed by atoms with Gasteiger partial charge in [-0.1, -0.05) is 6.07 Å². The van der Waals surface area contributed by atoms with E-state index >= 15 is 0 Å². The van der Waals surface area contributed by atoms with Gasteiger partial charge in [0, 0.05) is 23.6 Å². The number of rotatable bonds is 3. The average Bonchev–Trinajstić information content (AvgIpc) is 3.06. The Morgan fingerprint density at radius 2 is 2.21 bits per heavy atom. The molecule has 2 aromatic heterocycles. The van der Waals surface area contributed by atoms with E-state index in [0.29, 0.717) is 12.1 Å². The summed E-state index contributed by atoms with van der Waals surface area (Å²) in [6, 6.07) is 9.95. The smallest absolute Gasteiger partial charge is 0.146 e. The first-order valence-electron chi connectivity index (χ1n) is 6.18. The third-order valence-electron chi connectivity index (χ3n) is 3.24. The van der Waals surface area contributed by atoms with Gasteiger partial charge in [-0.2, -0.15) is 10.4 Å². The van der Waals surface area contributed by atoms with Crippen molar-refractivity contribution in [3.63, 3.8) is 0 Å². The van der Waals surface area contributed by atoms with Crippen LogP contribution in [0.15, 0.2) is 36.8 Å². The highest BCUT2D eigenvalue weighted by molar-refractivity contribution is 5.86. The maximum absolute atomic E-state index is 9.10. The predicted molar refractivity (Wildman–Crippen MR) is 71.5 cm³/mol. The molecule has 0 N–H and O–H groups in total. The number of nitriles is 1. The van der Waals surface area contributed by atoms with Crippen molar-refractivity contribution in [2.24, 2.45) is 0 Å². The summed E-state index contributed by atoms with van der Waals surface area (Å²) in [5.74, 6) is 0.919. The fraction of sp³-hybridized carbons (Fsp3) is 0.214. The Balaban J connectivity index is 2.05. The highest BCUT2D eigenvalue weighted by Crippen LogP contribution is 2.20. The van der Waals surface area contributed by atoms with Crippen LogP contribution in [0.4, 0.5) is 0 Å². The molecule has 0 bridgehead atoms. The summed E-state index contributed by atoms with van der Waals surface area (Å²) in [4.78, 5) is 4.28. The first-order valence-corrected chi connectivity index (χ1v) is 6.18. The van der Waals surface area contributed by atoms with Crippen molar-refractivity contribution in [1.29, 1.82) is 5.26 Å². The molecular weight excluding hydrogens is 238 g/mol. The molecule has 0 aliphatic carbocycles. The van der Waals surface area contributed by atoms with E-state index in [-0.39, 0.29) is 0 Å². The van der Waals surface area contributed by atoms with E-state index in [2.05, 4.69) is 20.7 Å². The van der Waals surface area contributed by atoms with Gasteiger partial charge in [0.05, 0.1) is 18.2 Å². The number of hydrogen-bond acceptors (Lipinski definition) is 3. The number of aromatic nitrogens is 4. The third kappa shape index (κ3) is 1.87. The van der Waals surface area contributed by atoms with Gasteiger partial charge in [0.1, 0.15) is 12.2 Å². The van der Waals surface area contributed by atoms with Gasteiger partial charge < -0.3 is 4.57 Å². The third-order valence-corrected chi connectivity index (χ3v) is 3.24. The second-order valence-corrected chi connectivity index (χ2v) is 4.29. The first-order chi connectivity index (χ1) is 9.33. The van der Waals surface area contributed by atoms with Gasteiger partial charge in [-0.3, -0.25) is 0 Å². The van der Waals surface area contributed by atoms with Gasteiger partial charge in [0.15, 0.2) is 0 Å². The number of hydrogen-bond donors (Lipinski definition) is 0. The molecule has 5 nitrogen and oxygen atoms in total. The highest BCUT2D eigenvalue weighted by Gasteiger charge is 2.08. The zero-order chi connectivity index (χ0) is 13.2. The minimum Gasteiger partial charge on any atom is -0.340 e. The molecule has 3 aromatic rings. The van der Waals surface area contributed by atoms with Gasteiger partial charge in [0.25, 0.3) is 0 Å². The van der Waals surface area contributed by atoms with Gasteiger partial charge >= 0.3 is 0 Å². The number of fused-ring (bicyclic) bond motifs is 1. The molecule has 0 spiro atoms. The molecule has 94 valence electrons. The van der Waals surface area contributed by atoms with Crippen LogP contribution in [0.2, 0.25) is 0 Å². The first kappa shape index (κ1) is 11.5. The van der Waals surface area contributed by atoms with Crippen molar-refractivity contribution in [3.05, 3.63) is 48.2 Å². The SMILES string of the molecule is CCn1ncnc1Cn1ccc2c(C#N)cccc21. The minimum absolute atomic E-state index is 0.659. The van der Waals surface area contributed by atoms with Crippen molar-refractivity contribution < 1.29 is 0 Å². The molecule has 0 atom stereocenters. The fourth-order valence-corrected chi connectivity index (χ4v) is 2.29. The van der Waals surface area contributed by atoms with Crippen molar-refractivity contribution in [2.45, 2.75) is 20.0 Å². The molecule has 2 heterocycles. The Bertz CT molecular complexity index is 760. The summed E-state index contributed by atoms with van der Waals surface area (Å²) in [6.45, 7) is 3.50. The summed E-state index contributed by atoms with van der Waals surface area (Å²) >= 11 is 0. The highest BCUT2D eigenvalue weighted by atomic mass is 15.3. The van der Waals surface area contributed by atoms with Gasteiger partial charge in [-0.25, -0.2) is 9.67 Å².